The summed E-state index contributed by atoms with van der Waals surface area (Å²) in [4.78, 5) is 4.44. The maximum absolute atomic E-state index is 9.33. The molecule has 0 heterocycles. The molecule has 0 saturated carbocycles. The molecule has 92 valence electrons. The predicted octanol–water partition coefficient (Wildman–Crippen LogP) is 4.41. The molecule has 0 spiro atoms. The van der Waals surface area contributed by atoms with Crippen LogP contribution in [-0.4, -0.2) is 11.3 Å². The van der Waals surface area contributed by atoms with Gasteiger partial charge in [-0.1, -0.05) is 23.7 Å². The summed E-state index contributed by atoms with van der Waals surface area (Å²) in [6.07, 6.45) is 1.74. The zero-order valence-electron chi connectivity index (χ0n) is 10.3. The molecule has 0 aliphatic heterocycles. The molecular formula is C15H14ClNO. The van der Waals surface area contributed by atoms with Crippen LogP contribution in [0.25, 0.3) is 0 Å². The van der Waals surface area contributed by atoms with Crippen LogP contribution in [0.1, 0.15) is 16.7 Å². The SMILES string of the molecule is Cc1cccc(N=Cc2ccc(O)c(Cl)c2)c1C. The van der Waals surface area contributed by atoms with Crippen LogP contribution in [-0.2, 0) is 0 Å². The number of halogens is 1. The minimum Gasteiger partial charge on any atom is -0.506 e. The van der Waals surface area contributed by atoms with Gasteiger partial charge in [-0.25, -0.2) is 0 Å². The Morgan fingerprint density at radius 3 is 2.67 bits per heavy atom. The van der Waals surface area contributed by atoms with E-state index in [1.165, 1.54) is 11.1 Å². The Morgan fingerprint density at radius 1 is 1.17 bits per heavy atom. The zero-order chi connectivity index (χ0) is 13.1. The van der Waals surface area contributed by atoms with Crippen molar-refractivity contribution in [2.75, 3.05) is 0 Å². The first kappa shape index (κ1) is 12.7. The van der Waals surface area contributed by atoms with Crippen molar-refractivity contribution >= 4 is 23.5 Å². The van der Waals surface area contributed by atoms with Crippen molar-refractivity contribution in [2.45, 2.75) is 13.8 Å². The molecule has 18 heavy (non-hydrogen) atoms. The molecule has 0 radical (unpaired) electrons. The molecule has 0 aromatic heterocycles. The molecular weight excluding hydrogens is 246 g/mol. The van der Waals surface area contributed by atoms with Gasteiger partial charge in [0, 0.05) is 6.21 Å². The summed E-state index contributed by atoms with van der Waals surface area (Å²) in [5, 5.41) is 9.67. The van der Waals surface area contributed by atoms with Crippen molar-refractivity contribution in [3.05, 3.63) is 58.1 Å². The highest BCUT2D eigenvalue weighted by Crippen LogP contribution is 2.24. The van der Waals surface area contributed by atoms with Crippen LogP contribution in [0.15, 0.2) is 41.4 Å². The fraction of sp³-hybridized carbons (Fsp3) is 0.133. The van der Waals surface area contributed by atoms with Gasteiger partial charge in [0.1, 0.15) is 5.75 Å². The number of rotatable bonds is 2. The van der Waals surface area contributed by atoms with Crippen molar-refractivity contribution in [3.8, 4) is 5.75 Å². The van der Waals surface area contributed by atoms with Gasteiger partial charge in [0.15, 0.2) is 0 Å². The minimum absolute atomic E-state index is 0.0838. The van der Waals surface area contributed by atoms with E-state index in [0.717, 1.165) is 11.3 Å². The molecule has 0 atom stereocenters. The van der Waals surface area contributed by atoms with Crippen molar-refractivity contribution in [1.82, 2.24) is 0 Å². The van der Waals surface area contributed by atoms with E-state index >= 15 is 0 Å². The lowest BCUT2D eigenvalue weighted by atomic mass is 10.1. The minimum atomic E-state index is 0.0838. The lowest BCUT2D eigenvalue weighted by Gasteiger charge is -2.03. The first-order valence-electron chi connectivity index (χ1n) is 5.67. The Labute approximate surface area is 112 Å². The molecule has 0 fully saturated rings. The van der Waals surface area contributed by atoms with E-state index in [-0.39, 0.29) is 5.75 Å². The standard InChI is InChI=1S/C15H14ClNO/c1-10-4-3-5-14(11(10)2)17-9-12-6-7-15(18)13(16)8-12/h3-9,18H,1-2H3. The summed E-state index contributed by atoms with van der Waals surface area (Å²) in [7, 11) is 0. The van der Waals surface area contributed by atoms with Gasteiger partial charge in [0.2, 0.25) is 0 Å². The number of hydrogen-bond donors (Lipinski definition) is 1. The molecule has 0 unspecified atom stereocenters. The van der Waals surface area contributed by atoms with Crippen LogP contribution in [0, 0.1) is 13.8 Å². The van der Waals surface area contributed by atoms with Gasteiger partial charge in [-0.2, -0.15) is 0 Å². The number of nitrogens with zero attached hydrogens (tertiary/aromatic N) is 1. The summed E-state index contributed by atoms with van der Waals surface area (Å²) < 4.78 is 0. The first-order chi connectivity index (χ1) is 8.58. The monoisotopic (exact) mass is 259 g/mol. The van der Waals surface area contributed by atoms with Gasteiger partial charge in [0.05, 0.1) is 10.7 Å². The summed E-state index contributed by atoms with van der Waals surface area (Å²) in [5.41, 5.74) is 4.19. The van der Waals surface area contributed by atoms with E-state index in [2.05, 4.69) is 18.0 Å². The van der Waals surface area contributed by atoms with Crippen LogP contribution >= 0.6 is 11.6 Å². The summed E-state index contributed by atoms with van der Waals surface area (Å²) in [6, 6.07) is 11.0. The Balaban J connectivity index is 2.30. The van der Waals surface area contributed by atoms with Gasteiger partial charge < -0.3 is 5.11 Å². The smallest absolute Gasteiger partial charge is 0.134 e. The first-order valence-corrected chi connectivity index (χ1v) is 6.04. The molecule has 2 aromatic rings. The molecule has 2 nitrogen and oxygen atoms in total. The van der Waals surface area contributed by atoms with Crippen molar-refractivity contribution in [3.63, 3.8) is 0 Å². The number of phenols is 1. The maximum Gasteiger partial charge on any atom is 0.134 e. The average Bonchev–Trinajstić information content (AvgIpc) is 2.35. The Bertz CT molecular complexity index is 605. The summed E-state index contributed by atoms with van der Waals surface area (Å²) >= 11 is 5.84. The number of aliphatic imine (C=N–C) groups is 1. The van der Waals surface area contributed by atoms with E-state index in [4.69, 9.17) is 11.6 Å². The van der Waals surface area contributed by atoms with Gasteiger partial charge in [-0.3, -0.25) is 4.99 Å². The van der Waals surface area contributed by atoms with Crippen LogP contribution in [0.4, 0.5) is 5.69 Å². The normalized spacial score (nSPS) is 11.1. The van der Waals surface area contributed by atoms with E-state index in [1.54, 1.807) is 24.4 Å². The zero-order valence-corrected chi connectivity index (χ0v) is 11.1. The van der Waals surface area contributed by atoms with Crippen LogP contribution in [0.2, 0.25) is 5.02 Å². The second-order valence-corrected chi connectivity index (χ2v) is 4.60. The molecule has 0 saturated heterocycles. The number of aromatic hydroxyl groups is 1. The fourth-order valence-corrected chi connectivity index (χ4v) is 1.81. The average molecular weight is 260 g/mol. The van der Waals surface area contributed by atoms with Gasteiger partial charge in [-0.15, -0.1) is 0 Å². The lowest BCUT2D eigenvalue weighted by molar-refractivity contribution is 0.475. The maximum atomic E-state index is 9.33. The molecule has 0 amide bonds. The predicted molar refractivity (Wildman–Crippen MR) is 76.3 cm³/mol. The lowest BCUT2D eigenvalue weighted by Crippen LogP contribution is -1.83. The quantitative estimate of drug-likeness (QED) is 0.796. The van der Waals surface area contributed by atoms with Crippen molar-refractivity contribution < 1.29 is 5.11 Å². The van der Waals surface area contributed by atoms with Crippen molar-refractivity contribution in [2.24, 2.45) is 4.99 Å². The van der Waals surface area contributed by atoms with E-state index in [9.17, 15) is 5.11 Å². The highest BCUT2D eigenvalue weighted by atomic mass is 35.5. The van der Waals surface area contributed by atoms with Gasteiger partial charge in [-0.05, 0) is 54.8 Å². The highest BCUT2D eigenvalue weighted by Gasteiger charge is 2.00. The van der Waals surface area contributed by atoms with E-state index in [1.807, 2.05) is 19.1 Å². The number of aryl methyl sites for hydroxylation is 1. The topological polar surface area (TPSA) is 32.6 Å². The number of hydrogen-bond acceptors (Lipinski definition) is 2. The Morgan fingerprint density at radius 2 is 1.94 bits per heavy atom. The van der Waals surface area contributed by atoms with Crippen LogP contribution in [0.5, 0.6) is 5.75 Å². The second-order valence-electron chi connectivity index (χ2n) is 4.19. The fourth-order valence-electron chi connectivity index (χ4n) is 1.62. The van der Waals surface area contributed by atoms with Crippen molar-refractivity contribution in [1.29, 1.82) is 0 Å². The summed E-state index contributed by atoms with van der Waals surface area (Å²) in [5.74, 6) is 0.0838. The molecule has 2 aromatic carbocycles. The third-order valence-electron chi connectivity index (χ3n) is 2.90. The Hall–Kier alpha value is -1.80. The third-order valence-corrected chi connectivity index (χ3v) is 3.20. The third kappa shape index (κ3) is 2.71. The van der Waals surface area contributed by atoms with E-state index < -0.39 is 0 Å². The molecule has 2 rings (SSSR count). The van der Waals surface area contributed by atoms with E-state index in [0.29, 0.717) is 5.02 Å². The van der Waals surface area contributed by atoms with Crippen LogP contribution < -0.4 is 0 Å². The largest absolute Gasteiger partial charge is 0.506 e. The molecule has 0 bridgehead atoms. The van der Waals surface area contributed by atoms with Crippen LogP contribution in [0.3, 0.4) is 0 Å². The molecule has 3 heteroatoms. The van der Waals surface area contributed by atoms with Gasteiger partial charge in [0.25, 0.3) is 0 Å². The molecule has 1 N–H and O–H groups in total. The van der Waals surface area contributed by atoms with Gasteiger partial charge >= 0.3 is 0 Å². The number of phenolic OH excluding ortho intramolecular Hbond substituents is 1. The number of benzene rings is 2. The molecule has 0 aliphatic rings. The highest BCUT2D eigenvalue weighted by molar-refractivity contribution is 6.32. The Kier molecular flexibility index (Phi) is 3.68. The summed E-state index contributed by atoms with van der Waals surface area (Å²) in [6.45, 7) is 4.11. The second kappa shape index (κ2) is 5.23. The molecule has 0 aliphatic carbocycles.